The normalized spacial score (nSPS) is 11.7. The fraction of sp³-hybridized carbons (Fsp3) is 0.208. The van der Waals surface area contributed by atoms with Crippen LogP contribution in [-0.4, -0.2) is 36.0 Å². The highest BCUT2D eigenvalue weighted by Gasteiger charge is 2.25. The van der Waals surface area contributed by atoms with Crippen molar-refractivity contribution in [3.05, 3.63) is 75.1 Å². The summed E-state index contributed by atoms with van der Waals surface area (Å²) < 4.78 is 22.2. The minimum atomic E-state index is -0.696. The molecule has 2 aromatic carbocycles. The Kier molecular flexibility index (Phi) is 5.91. The Bertz CT molecular complexity index is 1320. The van der Waals surface area contributed by atoms with Gasteiger partial charge in [0.1, 0.15) is 23.1 Å². The van der Waals surface area contributed by atoms with E-state index >= 15 is 0 Å². The molecule has 0 amide bonds. The van der Waals surface area contributed by atoms with Gasteiger partial charge in [-0.2, -0.15) is 5.26 Å². The summed E-state index contributed by atoms with van der Waals surface area (Å²) in [5.74, 6) is 1.04. The highest BCUT2D eigenvalue weighted by atomic mass is 16.7. The van der Waals surface area contributed by atoms with E-state index in [0.717, 1.165) is 4.57 Å². The van der Waals surface area contributed by atoms with Crippen molar-refractivity contribution in [1.82, 2.24) is 4.57 Å². The van der Waals surface area contributed by atoms with E-state index in [1.807, 2.05) is 6.07 Å². The average Bonchev–Trinajstić information content (AvgIpc) is 3.29. The molecule has 0 atom stereocenters. The summed E-state index contributed by atoms with van der Waals surface area (Å²) in [6.07, 6.45) is 0. The lowest BCUT2D eigenvalue weighted by molar-refractivity contribution is 0.0916. The number of Topliss-reactive ketones (excluding diaryl/α,β-unsaturated/α-hetero) is 1. The Labute approximate surface area is 188 Å². The van der Waals surface area contributed by atoms with Gasteiger partial charge in [-0.05, 0) is 54.4 Å². The molecule has 0 radical (unpaired) electrons. The molecule has 9 heteroatoms. The summed E-state index contributed by atoms with van der Waals surface area (Å²) in [4.78, 5) is 25.8. The zero-order chi connectivity index (χ0) is 23.5. The first-order valence-electron chi connectivity index (χ1n) is 9.98. The van der Waals surface area contributed by atoms with E-state index < -0.39 is 23.8 Å². The van der Waals surface area contributed by atoms with Crippen LogP contribution in [0.3, 0.4) is 0 Å². The molecular formula is C24H20N2O7. The predicted octanol–water partition coefficient (Wildman–Crippen LogP) is 2.78. The first kappa shape index (κ1) is 21.8. The van der Waals surface area contributed by atoms with Gasteiger partial charge in [0.2, 0.25) is 18.5 Å². The summed E-state index contributed by atoms with van der Waals surface area (Å²) in [5.41, 5.74) is -0.331. The molecule has 0 fully saturated rings. The Morgan fingerprint density at radius 2 is 1.85 bits per heavy atom. The van der Waals surface area contributed by atoms with E-state index in [9.17, 15) is 20.0 Å². The number of aromatic nitrogens is 1. The third-order valence-corrected chi connectivity index (χ3v) is 5.29. The number of nitriles is 1. The molecule has 1 N–H and O–H groups in total. The number of benzene rings is 2. The molecule has 1 aromatic heterocycles. The van der Waals surface area contributed by atoms with Crippen molar-refractivity contribution >= 4 is 5.78 Å². The van der Waals surface area contributed by atoms with Crippen LogP contribution in [0.15, 0.2) is 47.3 Å². The van der Waals surface area contributed by atoms with Crippen molar-refractivity contribution in [1.29, 1.82) is 5.26 Å². The quantitative estimate of drug-likeness (QED) is 0.548. The van der Waals surface area contributed by atoms with Gasteiger partial charge in [0.25, 0.3) is 5.56 Å². The molecule has 1 aliphatic heterocycles. The topological polar surface area (TPSA) is 120 Å². The van der Waals surface area contributed by atoms with E-state index in [-0.39, 0.29) is 30.0 Å². The highest BCUT2D eigenvalue weighted by molar-refractivity contribution is 6.01. The van der Waals surface area contributed by atoms with Crippen LogP contribution in [0, 0.1) is 18.3 Å². The van der Waals surface area contributed by atoms with Crippen LogP contribution in [0.5, 0.6) is 28.9 Å². The number of carbonyl (C=O) groups excluding carboxylic acids is 1. The van der Waals surface area contributed by atoms with E-state index in [4.69, 9.17) is 18.9 Å². The largest absolute Gasteiger partial charge is 0.497 e. The van der Waals surface area contributed by atoms with Gasteiger partial charge in [0.05, 0.1) is 19.2 Å². The number of pyridine rings is 1. The molecule has 2 heterocycles. The number of hydrogen-bond donors (Lipinski definition) is 1. The van der Waals surface area contributed by atoms with Crippen LogP contribution in [0.2, 0.25) is 0 Å². The van der Waals surface area contributed by atoms with Crippen molar-refractivity contribution in [3.8, 4) is 34.9 Å². The van der Waals surface area contributed by atoms with E-state index in [1.165, 1.54) is 14.0 Å². The predicted molar refractivity (Wildman–Crippen MR) is 116 cm³/mol. The summed E-state index contributed by atoms with van der Waals surface area (Å²) >= 11 is 0. The van der Waals surface area contributed by atoms with Crippen LogP contribution in [0.25, 0.3) is 0 Å². The summed E-state index contributed by atoms with van der Waals surface area (Å²) in [7, 11) is 1.54. The van der Waals surface area contributed by atoms with Gasteiger partial charge in [-0.3, -0.25) is 14.2 Å². The second-order valence-corrected chi connectivity index (χ2v) is 7.28. The summed E-state index contributed by atoms with van der Waals surface area (Å²) in [5, 5.41) is 20.4. The van der Waals surface area contributed by atoms with Crippen LogP contribution >= 0.6 is 0 Å². The average molecular weight is 448 g/mol. The van der Waals surface area contributed by atoms with E-state index in [0.29, 0.717) is 28.6 Å². The number of hydrogen-bond acceptors (Lipinski definition) is 8. The Hall–Kier alpha value is -4.45. The fourth-order valence-electron chi connectivity index (χ4n) is 3.55. The van der Waals surface area contributed by atoms with Gasteiger partial charge in [-0.15, -0.1) is 0 Å². The molecule has 0 aliphatic carbocycles. The molecule has 0 unspecified atom stereocenters. The third-order valence-electron chi connectivity index (χ3n) is 5.29. The van der Waals surface area contributed by atoms with E-state index in [1.54, 1.807) is 42.5 Å². The lowest BCUT2D eigenvalue weighted by Crippen LogP contribution is -2.28. The van der Waals surface area contributed by atoms with Crippen LogP contribution in [-0.2, 0) is 6.54 Å². The van der Waals surface area contributed by atoms with Gasteiger partial charge < -0.3 is 24.1 Å². The van der Waals surface area contributed by atoms with Crippen molar-refractivity contribution < 1.29 is 28.8 Å². The number of rotatable bonds is 7. The molecule has 168 valence electrons. The number of fused-ring (bicyclic) bond motifs is 1. The standard InChI is InChI=1S/C24H20N2O7/c1-14-18(10-25)23(28)26(11-15-3-8-20-21(9-15)33-13-32-20)24(29)22(14)19(27)12-31-17-6-4-16(30-2)5-7-17/h3-9,29H,11-13H2,1-2H3. The number of methoxy groups -OCH3 is 1. The maximum Gasteiger partial charge on any atom is 0.271 e. The molecule has 0 saturated carbocycles. The van der Waals surface area contributed by atoms with Crippen molar-refractivity contribution in [2.24, 2.45) is 0 Å². The molecule has 3 aromatic rings. The number of carbonyl (C=O) groups is 1. The number of ketones is 1. The molecular weight excluding hydrogens is 428 g/mol. The lowest BCUT2D eigenvalue weighted by Gasteiger charge is -2.16. The van der Waals surface area contributed by atoms with Crippen LogP contribution < -0.4 is 24.5 Å². The molecule has 0 spiro atoms. The number of aromatic hydroxyl groups is 1. The molecule has 1 aliphatic rings. The highest BCUT2D eigenvalue weighted by Crippen LogP contribution is 2.33. The molecule has 0 saturated heterocycles. The second kappa shape index (κ2) is 8.96. The maximum atomic E-state index is 12.9. The molecule has 33 heavy (non-hydrogen) atoms. The van der Waals surface area contributed by atoms with Crippen molar-refractivity contribution in [3.63, 3.8) is 0 Å². The smallest absolute Gasteiger partial charge is 0.271 e. The first-order chi connectivity index (χ1) is 15.9. The van der Waals surface area contributed by atoms with Gasteiger partial charge in [-0.1, -0.05) is 6.07 Å². The van der Waals surface area contributed by atoms with Gasteiger partial charge >= 0.3 is 0 Å². The van der Waals surface area contributed by atoms with Crippen molar-refractivity contribution in [2.45, 2.75) is 13.5 Å². The lowest BCUT2D eigenvalue weighted by atomic mass is 10.0. The van der Waals surface area contributed by atoms with Gasteiger partial charge in [0, 0.05) is 0 Å². The molecule has 4 rings (SSSR count). The number of nitrogens with zero attached hydrogens (tertiary/aromatic N) is 2. The second-order valence-electron chi connectivity index (χ2n) is 7.28. The summed E-state index contributed by atoms with van der Waals surface area (Å²) in [6, 6.07) is 13.6. The fourth-order valence-corrected chi connectivity index (χ4v) is 3.55. The van der Waals surface area contributed by atoms with E-state index in [2.05, 4.69) is 0 Å². The SMILES string of the molecule is COc1ccc(OCC(=O)c2c(C)c(C#N)c(=O)n(Cc3ccc4c(c3)OCO4)c2O)cc1. The number of ether oxygens (including phenoxy) is 4. The Morgan fingerprint density at radius 1 is 1.15 bits per heavy atom. The zero-order valence-corrected chi connectivity index (χ0v) is 18.0. The summed E-state index contributed by atoms with van der Waals surface area (Å²) in [6.45, 7) is 1.08. The molecule has 9 nitrogen and oxygen atoms in total. The molecule has 0 bridgehead atoms. The minimum absolute atomic E-state index is 0.0735. The van der Waals surface area contributed by atoms with Crippen LogP contribution in [0.1, 0.15) is 27.0 Å². The Morgan fingerprint density at radius 3 is 2.55 bits per heavy atom. The maximum absolute atomic E-state index is 12.9. The minimum Gasteiger partial charge on any atom is -0.497 e. The Balaban J connectivity index is 1.65. The van der Waals surface area contributed by atoms with Gasteiger partial charge in [-0.25, -0.2) is 0 Å². The third kappa shape index (κ3) is 4.19. The van der Waals surface area contributed by atoms with Crippen LogP contribution in [0.4, 0.5) is 0 Å². The monoisotopic (exact) mass is 448 g/mol. The zero-order valence-electron chi connectivity index (χ0n) is 18.0. The first-order valence-corrected chi connectivity index (χ1v) is 9.98. The van der Waals surface area contributed by atoms with Gasteiger partial charge in [0.15, 0.2) is 18.1 Å². The van der Waals surface area contributed by atoms with Crippen molar-refractivity contribution in [2.75, 3.05) is 20.5 Å².